The first-order chi connectivity index (χ1) is 15.9. The quantitative estimate of drug-likeness (QED) is 0.306. The van der Waals surface area contributed by atoms with Gasteiger partial charge in [-0.1, -0.05) is 91.3 Å². The summed E-state index contributed by atoms with van der Waals surface area (Å²) in [5.41, 5.74) is 9.29. The van der Waals surface area contributed by atoms with E-state index in [2.05, 4.69) is 120 Å². The Hall–Kier alpha value is -3.58. The van der Waals surface area contributed by atoms with E-state index in [4.69, 9.17) is 0 Å². The number of fused-ring (bicyclic) bond motifs is 3. The summed E-state index contributed by atoms with van der Waals surface area (Å²) in [6, 6.07) is 40.1. The van der Waals surface area contributed by atoms with Gasteiger partial charge in [-0.05, 0) is 71.0 Å². The van der Waals surface area contributed by atoms with Crippen molar-refractivity contribution in [3.8, 4) is 0 Å². The van der Waals surface area contributed by atoms with E-state index in [1.807, 2.05) is 0 Å². The first-order valence-corrected chi connectivity index (χ1v) is 11.7. The molecular formula is C31H27N. The van der Waals surface area contributed by atoms with Gasteiger partial charge < -0.3 is 4.90 Å². The number of hydrogen-bond acceptors (Lipinski definition) is 1. The molecule has 1 heterocycles. The maximum absolute atomic E-state index is 2.59. The monoisotopic (exact) mass is 413 g/mol. The van der Waals surface area contributed by atoms with E-state index in [0.29, 0.717) is 12.0 Å². The summed E-state index contributed by atoms with van der Waals surface area (Å²) in [7, 11) is 0. The maximum atomic E-state index is 2.59. The van der Waals surface area contributed by atoms with Crippen LogP contribution in [-0.2, 0) is 0 Å². The zero-order valence-electron chi connectivity index (χ0n) is 18.2. The van der Waals surface area contributed by atoms with Gasteiger partial charge in [0.15, 0.2) is 0 Å². The molecule has 0 amide bonds. The summed E-state index contributed by atoms with van der Waals surface area (Å²) < 4.78 is 0. The second-order valence-corrected chi connectivity index (χ2v) is 8.92. The summed E-state index contributed by atoms with van der Waals surface area (Å²) in [5.74, 6) is 0.635. The first kappa shape index (κ1) is 19.1. The molecular weight excluding hydrogens is 386 g/mol. The molecule has 0 aromatic heterocycles. The van der Waals surface area contributed by atoms with E-state index in [9.17, 15) is 0 Å². The Morgan fingerprint density at radius 1 is 0.688 bits per heavy atom. The molecule has 2 aliphatic rings. The summed E-state index contributed by atoms with van der Waals surface area (Å²) in [6.07, 6.45) is 6.24. The molecule has 0 spiro atoms. The van der Waals surface area contributed by atoms with Crippen LogP contribution in [0.2, 0.25) is 0 Å². The van der Waals surface area contributed by atoms with Crippen molar-refractivity contribution in [2.75, 3.05) is 4.90 Å². The standard InChI is InChI=1S/C31H27N/c1-4-11-24(12-5-1)28(25-13-6-2-7-14-25)21-23-19-20-31-29(22-23)27-17-10-18-30(27)32(31)26-15-8-3-9-16-26/h1-9,11-16,19-22,27,30H,10,17-18H2/t27-,30-/m1/s1. The molecule has 0 unspecified atom stereocenters. The van der Waals surface area contributed by atoms with Gasteiger partial charge in [0.1, 0.15) is 0 Å². The zero-order valence-corrected chi connectivity index (χ0v) is 18.2. The van der Waals surface area contributed by atoms with E-state index in [1.54, 1.807) is 0 Å². The summed E-state index contributed by atoms with van der Waals surface area (Å²) >= 11 is 0. The van der Waals surface area contributed by atoms with Crippen molar-refractivity contribution in [1.29, 1.82) is 0 Å². The van der Waals surface area contributed by atoms with Gasteiger partial charge in [0, 0.05) is 23.3 Å². The highest BCUT2D eigenvalue weighted by atomic mass is 15.2. The van der Waals surface area contributed by atoms with Gasteiger partial charge in [0.2, 0.25) is 0 Å². The molecule has 4 aromatic carbocycles. The minimum absolute atomic E-state index is 0.592. The Bertz CT molecular complexity index is 1200. The minimum atomic E-state index is 0.592. The van der Waals surface area contributed by atoms with Gasteiger partial charge in [0.25, 0.3) is 0 Å². The molecule has 0 radical (unpaired) electrons. The van der Waals surface area contributed by atoms with Crippen LogP contribution in [0.5, 0.6) is 0 Å². The second-order valence-electron chi connectivity index (χ2n) is 8.92. The summed E-state index contributed by atoms with van der Waals surface area (Å²) in [4.78, 5) is 2.59. The van der Waals surface area contributed by atoms with Crippen LogP contribution in [0.25, 0.3) is 11.6 Å². The van der Waals surface area contributed by atoms with Crippen LogP contribution < -0.4 is 4.90 Å². The lowest BCUT2D eigenvalue weighted by molar-refractivity contribution is 0.642. The number of para-hydroxylation sites is 1. The topological polar surface area (TPSA) is 3.24 Å². The van der Waals surface area contributed by atoms with Gasteiger partial charge >= 0.3 is 0 Å². The highest BCUT2D eigenvalue weighted by Crippen LogP contribution is 2.52. The predicted molar refractivity (Wildman–Crippen MR) is 135 cm³/mol. The van der Waals surface area contributed by atoms with E-state index in [-0.39, 0.29) is 0 Å². The SMILES string of the molecule is C(=C(c1ccccc1)c1ccccc1)c1ccc2c(c1)[C@H]1CCC[C@H]1N2c1ccccc1. The Balaban J connectivity index is 1.46. The largest absolute Gasteiger partial charge is 0.338 e. The fourth-order valence-corrected chi connectivity index (χ4v) is 5.62. The van der Waals surface area contributed by atoms with Crippen LogP contribution in [-0.4, -0.2) is 6.04 Å². The molecule has 156 valence electrons. The van der Waals surface area contributed by atoms with Crippen molar-refractivity contribution in [2.45, 2.75) is 31.2 Å². The molecule has 6 rings (SSSR count). The van der Waals surface area contributed by atoms with Crippen molar-refractivity contribution >= 4 is 23.0 Å². The fourth-order valence-electron chi connectivity index (χ4n) is 5.62. The lowest BCUT2D eigenvalue weighted by Crippen LogP contribution is -2.26. The maximum Gasteiger partial charge on any atom is 0.0450 e. The highest BCUT2D eigenvalue weighted by molar-refractivity contribution is 5.92. The lowest BCUT2D eigenvalue weighted by atomic mass is 9.93. The number of nitrogens with zero attached hydrogens (tertiary/aromatic N) is 1. The van der Waals surface area contributed by atoms with E-state index >= 15 is 0 Å². The molecule has 1 saturated carbocycles. The molecule has 1 nitrogen and oxygen atoms in total. The third kappa shape index (κ3) is 3.35. The van der Waals surface area contributed by atoms with Crippen molar-refractivity contribution in [3.63, 3.8) is 0 Å². The molecule has 1 heteroatoms. The lowest BCUT2D eigenvalue weighted by Gasteiger charge is -2.27. The molecule has 1 aliphatic heterocycles. The molecule has 1 aliphatic carbocycles. The van der Waals surface area contributed by atoms with Gasteiger partial charge in [-0.25, -0.2) is 0 Å². The molecule has 1 fully saturated rings. The highest BCUT2D eigenvalue weighted by Gasteiger charge is 2.41. The Morgan fingerprint density at radius 3 is 1.97 bits per heavy atom. The average molecular weight is 414 g/mol. The van der Waals surface area contributed by atoms with E-state index < -0.39 is 0 Å². The number of hydrogen-bond donors (Lipinski definition) is 0. The third-order valence-corrected chi connectivity index (χ3v) is 7.04. The number of benzene rings is 4. The number of anilines is 2. The van der Waals surface area contributed by atoms with Gasteiger partial charge in [-0.2, -0.15) is 0 Å². The van der Waals surface area contributed by atoms with Crippen LogP contribution >= 0.6 is 0 Å². The Labute approximate surface area is 190 Å². The smallest absolute Gasteiger partial charge is 0.0450 e. The van der Waals surface area contributed by atoms with Crippen LogP contribution in [0.15, 0.2) is 109 Å². The zero-order chi connectivity index (χ0) is 21.3. The van der Waals surface area contributed by atoms with Crippen molar-refractivity contribution in [3.05, 3.63) is 131 Å². The number of rotatable bonds is 4. The summed E-state index contributed by atoms with van der Waals surface area (Å²) in [5, 5.41) is 0. The molecule has 0 N–H and O–H groups in total. The summed E-state index contributed by atoms with van der Waals surface area (Å²) in [6.45, 7) is 0. The average Bonchev–Trinajstić information content (AvgIpc) is 3.45. The minimum Gasteiger partial charge on any atom is -0.338 e. The third-order valence-electron chi connectivity index (χ3n) is 7.04. The predicted octanol–water partition coefficient (Wildman–Crippen LogP) is 8.06. The van der Waals surface area contributed by atoms with Crippen LogP contribution in [0.1, 0.15) is 47.4 Å². The van der Waals surface area contributed by atoms with Crippen molar-refractivity contribution in [1.82, 2.24) is 0 Å². The Morgan fingerprint density at radius 2 is 1.31 bits per heavy atom. The molecule has 0 saturated heterocycles. The molecule has 2 atom stereocenters. The fraction of sp³-hybridized carbons (Fsp3) is 0.161. The van der Waals surface area contributed by atoms with Gasteiger partial charge in [-0.3, -0.25) is 0 Å². The van der Waals surface area contributed by atoms with E-state index in [0.717, 1.165) is 0 Å². The molecule has 32 heavy (non-hydrogen) atoms. The van der Waals surface area contributed by atoms with Crippen LogP contribution in [0.3, 0.4) is 0 Å². The van der Waals surface area contributed by atoms with Gasteiger partial charge in [-0.15, -0.1) is 0 Å². The molecule has 4 aromatic rings. The first-order valence-electron chi connectivity index (χ1n) is 11.7. The Kier molecular flexibility index (Phi) is 4.88. The normalized spacial score (nSPS) is 18.8. The van der Waals surface area contributed by atoms with Crippen LogP contribution in [0.4, 0.5) is 11.4 Å². The second kappa shape index (κ2) is 8.16. The van der Waals surface area contributed by atoms with Crippen molar-refractivity contribution in [2.24, 2.45) is 0 Å². The molecule has 0 bridgehead atoms. The van der Waals surface area contributed by atoms with Crippen LogP contribution in [0, 0.1) is 0 Å². The van der Waals surface area contributed by atoms with Crippen molar-refractivity contribution < 1.29 is 0 Å². The van der Waals surface area contributed by atoms with E-state index in [1.165, 1.54) is 58.5 Å². The van der Waals surface area contributed by atoms with Gasteiger partial charge in [0.05, 0.1) is 0 Å².